The number of carbonyl (C=O) groups excluding carboxylic acids is 4. The third kappa shape index (κ3) is 11.3. The SMILES string of the molecule is CCCCC(CC)CNC(=O)C(=O)NC1CCCCC1NC(=O)C(=O)NCC(CC)CCCC. The highest BCUT2D eigenvalue weighted by atomic mass is 16.2. The summed E-state index contributed by atoms with van der Waals surface area (Å²) in [6, 6.07) is -0.725. The van der Waals surface area contributed by atoms with Crippen LogP contribution < -0.4 is 21.3 Å². The fraction of sp³-hybridized carbons (Fsp3) is 0.846. The molecular weight excluding hydrogens is 432 g/mol. The molecule has 1 saturated carbocycles. The monoisotopic (exact) mass is 480 g/mol. The fourth-order valence-electron chi connectivity index (χ4n) is 4.47. The van der Waals surface area contributed by atoms with Crippen LogP contribution in [-0.2, 0) is 19.2 Å². The van der Waals surface area contributed by atoms with E-state index in [-0.39, 0.29) is 12.1 Å². The van der Waals surface area contributed by atoms with E-state index in [1.807, 2.05) is 0 Å². The fourth-order valence-corrected chi connectivity index (χ4v) is 4.47. The van der Waals surface area contributed by atoms with E-state index in [4.69, 9.17) is 0 Å². The Bertz CT molecular complexity index is 586. The third-order valence-corrected chi connectivity index (χ3v) is 7.00. The van der Waals surface area contributed by atoms with Crippen molar-refractivity contribution in [3.63, 3.8) is 0 Å². The quantitative estimate of drug-likeness (QED) is 0.286. The summed E-state index contributed by atoms with van der Waals surface area (Å²) in [5.74, 6) is -1.90. The zero-order valence-corrected chi connectivity index (χ0v) is 21.8. The predicted octanol–water partition coefficient (Wildman–Crippen LogP) is 3.20. The van der Waals surface area contributed by atoms with E-state index in [1.54, 1.807) is 0 Å². The molecule has 0 radical (unpaired) electrons. The molecule has 0 aromatic carbocycles. The maximum absolute atomic E-state index is 12.5. The van der Waals surface area contributed by atoms with Crippen molar-refractivity contribution >= 4 is 23.6 Å². The van der Waals surface area contributed by atoms with Gasteiger partial charge in [0.2, 0.25) is 0 Å². The van der Waals surface area contributed by atoms with E-state index >= 15 is 0 Å². The summed E-state index contributed by atoms with van der Waals surface area (Å²) in [5.41, 5.74) is 0. The van der Waals surface area contributed by atoms with Crippen LogP contribution in [0.3, 0.4) is 0 Å². The summed E-state index contributed by atoms with van der Waals surface area (Å²) in [5, 5.41) is 11.1. The highest BCUT2D eigenvalue weighted by molar-refractivity contribution is 6.35. The molecule has 34 heavy (non-hydrogen) atoms. The van der Waals surface area contributed by atoms with E-state index < -0.39 is 23.6 Å². The number of carbonyl (C=O) groups is 4. The number of amides is 4. The first-order chi connectivity index (χ1) is 16.4. The molecule has 8 nitrogen and oxygen atoms in total. The zero-order chi connectivity index (χ0) is 25.3. The minimum Gasteiger partial charge on any atom is -0.348 e. The maximum atomic E-state index is 12.5. The van der Waals surface area contributed by atoms with Gasteiger partial charge in [-0.3, -0.25) is 19.2 Å². The minimum absolute atomic E-state index is 0.362. The Kier molecular flexibility index (Phi) is 15.3. The lowest BCUT2D eigenvalue weighted by Gasteiger charge is -2.32. The van der Waals surface area contributed by atoms with Crippen LogP contribution in [0.5, 0.6) is 0 Å². The summed E-state index contributed by atoms with van der Waals surface area (Å²) in [6.45, 7) is 9.43. The van der Waals surface area contributed by atoms with Crippen molar-refractivity contribution in [3.8, 4) is 0 Å². The molecule has 0 saturated heterocycles. The second-order valence-corrected chi connectivity index (χ2v) is 9.70. The third-order valence-electron chi connectivity index (χ3n) is 7.00. The topological polar surface area (TPSA) is 116 Å². The number of nitrogens with one attached hydrogen (secondary N) is 4. The highest BCUT2D eigenvalue weighted by Crippen LogP contribution is 2.19. The summed E-state index contributed by atoms with van der Waals surface area (Å²) >= 11 is 0. The van der Waals surface area contributed by atoms with E-state index in [0.717, 1.165) is 64.2 Å². The molecule has 1 aliphatic carbocycles. The second kappa shape index (κ2) is 17.3. The van der Waals surface area contributed by atoms with Crippen molar-refractivity contribution in [1.29, 1.82) is 0 Å². The van der Waals surface area contributed by atoms with E-state index in [0.29, 0.717) is 37.8 Å². The Labute approximate surface area is 206 Å². The van der Waals surface area contributed by atoms with Gasteiger partial charge in [0, 0.05) is 25.2 Å². The van der Waals surface area contributed by atoms with Crippen LogP contribution in [0.25, 0.3) is 0 Å². The lowest BCUT2D eigenvalue weighted by Crippen LogP contribution is -2.57. The van der Waals surface area contributed by atoms with Crippen LogP contribution in [0, 0.1) is 11.8 Å². The van der Waals surface area contributed by atoms with Gasteiger partial charge in [-0.25, -0.2) is 0 Å². The molecule has 0 bridgehead atoms. The summed E-state index contributed by atoms with van der Waals surface area (Å²) in [4.78, 5) is 49.6. The molecule has 196 valence electrons. The van der Waals surface area contributed by atoms with E-state index in [1.165, 1.54) is 0 Å². The first kappa shape index (κ1) is 29.9. The van der Waals surface area contributed by atoms with Crippen LogP contribution in [0.4, 0.5) is 0 Å². The molecule has 0 aliphatic heterocycles. The Morgan fingerprint density at radius 3 is 1.35 bits per heavy atom. The second-order valence-electron chi connectivity index (χ2n) is 9.70. The van der Waals surface area contributed by atoms with Gasteiger partial charge in [-0.1, -0.05) is 79.1 Å². The standard InChI is InChI=1S/C26H48N4O4/c1-5-9-13-19(7-3)17-27-23(31)25(33)29-21-15-11-12-16-22(21)30-26(34)24(32)28-18-20(8-4)14-10-6-2/h19-22H,5-18H2,1-4H3,(H,27,31)(H,28,32)(H,29,33)(H,30,34). The lowest BCUT2D eigenvalue weighted by molar-refractivity contribution is -0.141. The average molecular weight is 481 g/mol. The van der Waals surface area contributed by atoms with E-state index in [2.05, 4.69) is 49.0 Å². The molecule has 4 unspecified atom stereocenters. The summed E-state index contributed by atoms with van der Waals surface area (Å²) in [6.07, 6.45) is 11.5. The van der Waals surface area contributed by atoms with Crippen LogP contribution in [-0.4, -0.2) is 48.8 Å². The molecule has 0 spiro atoms. The molecule has 4 atom stereocenters. The number of hydrogen-bond acceptors (Lipinski definition) is 4. The molecular formula is C26H48N4O4. The Morgan fingerprint density at radius 1 is 0.647 bits per heavy atom. The van der Waals surface area contributed by atoms with Crippen molar-refractivity contribution < 1.29 is 19.2 Å². The van der Waals surface area contributed by atoms with Gasteiger partial charge in [-0.15, -0.1) is 0 Å². The first-order valence-electron chi connectivity index (χ1n) is 13.5. The molecule has 1 rings (SSSR count). The molecule has 1 aliphatic rings. The van der Waals surface area contributed by atoms with Gasteiger partial charge in [0.15, 0.2) is 0 Å². The summed E-state index contributed by atoms with van der Waals surface area (Å²) < 4.78 is 0. The number of rotatable bonds is 14. The number of hydrogen-bond donors (Lipinski definition) is 4. The van der Waals surface area contributed by atoms with Crippen LogP contribution in [0.2, 0.25) is 0 Å². The molecule has 0 heterocycles. The molecule has 4 N–H and O–H groups in total. The Hall–Kier alpha value is -2.12. The van der Waals surface area contributed by atoms with Crippen molar-refractivity contribution in [2.24, 2.45) is 11.8 Å². The molecule has 1 fully saturated rings. The van der Waals surface area contributed by atoms with Gasteiger partial charge in [0.05, 0.1) is 0 Å². The van der Waals surface area contributed by atoms with Crippen molar-refractivity contribution in [1.82, 2.24) is 21.3 Å². The zero-order valence-electron chi connectivity index (χ0n) is 21.8. The van der Waals surface area contributed by atoms with Crippen LogP contribution >= 0.6 is 0 Å². The van der Waals surface area contributed by atoms with Gasteiger partial charge in [-0.05, 0) is 37.5 Å². The smallest absolute Gasteiger partial charge is 0.309 e. The molecule has 0 aromatic rings. The van der Waals surface area contributed by atoms with Gasteiger partial charge in [-0.2, -0.15) is 0 Å². The maximum Gasteiger partial charge on any atom is 0.309 e. The van der Waals surface area contributed by atoms with Gasteiger partial charge in [0.25, 0.3) is 0 Å². The minimum atomic E-state index is -0.678. The van der Waals surface area contributed by atoms with Crippen molar-refractivity contribution in [3.05, 3.63) is 0 Å². The van der Waals surface area contributed by atoms with E-state index in [9.17, 15) is 19.2 Å². The molecule has 0 aromatic heterocycles. The Morgan fingerprint density at radius 2 is 1.03 bits per heavy atom. The van der Waals surface area contributed by atoms with Gasteiger partial charge >= 0.3 is 23.6 Å². The van der Waals surface area contributed by atoms with Gasteiger partial charge in [0.1, 0.15) is 0 Å². The van der Waals surface area contributed by atoms with Gasteiger partial charge < -0.3 is 21.3 Å². The van der Waals surface area contributed by atoms with Crippen LogP contribution in [0.1, 0.15) is 105 Å². The average Bonchev–Trinajstić information content (AvgIpc) is 2.84. The Balaban J connectivity index is 2.53. The summed E-state index contributed by atoms with van der Waals surface area (Å²) in [7, 11) is 0. The van der Waals surface area contributed by atoms with Crippen molar-refractivity contribution in [2.75, 3.05) is 13.1 Å². The largest absolute Gasteiger partial charge is 0.348 e. The van der Waals surface area contributed by atoms with Crippen molar-refractivity contribution in [2.45, 2.75) is 117 Å². The van der Waals surface area contributed by atoms with Crippen LogP contribution in [0.15, 0.2) is 0 Å². The molecule has 8 heteroatoms. The molecule has 4 amide bonds. The predicted molar refractivity (Wildman–Crippen MR) is 135 cm³/mol. The highest BCUT2D eigenvalue weighted by Gasteiger charge is 2.31. The first-order valence-corrected chi connectivity index (χ1v) is 13.5. The normalized spacial score (nSPS) is 19.5. The number of unbranched alkanes of at least 4 members (excludes halogenated alkanes) is 2. The lowest BCUT2D eigenvalue weighted by atomic mass is 9.90.